The molecule has 0 aliphatic carbocycles. The van der Waals surface area contributed by atoms with Crippen LogP contribution in [0.5, 0.6) is 0 Å². The summed E-state index contributed by atoms with van der Waals surface area (Å²) in [6.45, 7) is 5.79. The molecule has 1 aromatic heterocycles. The van der Waals surface area contributed by atoms with Crippen molar-refractivity contribution in [2.24, 2.45) is 5.92 Å². The largest absolute Gasteiger partial charge is 0.481 e. The number of carboxylic acids is 1. The van der Waals surface area contributed by atoms with Gasteiger partial charge < -0.3 is 10.0 Å². The average molecular weight is 279 g/mol. The summed E-state index contributed by atoms with van der Waals surface area (Å²) in [7, 11) is 0. The Morgan fingerprint density at radius 3 is 2.60 bits per heavy atom. The molecule has 0 unspecified atom stereocenters. The Balaban J connectivity index is 2.04. The van der Waals surface area contributed by atoms with Crippen LogP contribution in [0.3, 0.4) is 0 Å². The molecule has 0 radical (unpaired) electrons. The maximum atomic E-state index is 12.4. The van der Waals surface area contributed by atoms with Crippen LogP contribution in [0.15, 0.2) is 6.20 Å². The van der Waals surface area contributed by atoms with Gasteiger partial charge in [-0.3, -0.25) is 14.3 Å². The number of likely N-dealkylation sites (tertiary alicyclic amines) is 1. The number of aryl methyl sites for hydroxylation is 1. The number of carbonyl (C=O) groups is 2. The molecule has 110 valence electrons. The minimum absolute atomic E-state index is 0.0336. The van der Waals surface area contributed by atoms with Crippen molar-refractivity contribution in [1.82, 2.24) is 14.7 Å². The number of aliphatic carboxylic acids is 1. The summed E-state index contributed by atoms with van der Waals surface area (Å²) in [4.78, 5) is 25.1. The van der Waals surface area contributed by atoms with Gasteiger partial charge in [-0.2, -0.15) is 5.10 Å². The molecule has 0 aromatic carbocycles. The molecule has 1 aliphatic heterocycles. The number of carboxylic acid groups (broad SMARTS) is 1. The average Bonchev–Trinajstić information content (AvgIpc) is 2.80. The van der Waals surface area contributed by atoms with Crippen LogP contribution < -0.4 is 0 Å². The van der Waals surface area contributed by atoms with Crippen molar-refractivity contribution in [3.8, 4) is 0 Å². The number of piperidine rings is 1. The van der Waals surface area contributed by atoms with Gasteiger partial charge in [-0.25, -0.2) is 0 Å². The number of hydrogen-bond acceptors (Lipinski definition) is 3. The molecule has 1 N–H and O–H groups in total. The van der Waals surface area contributed by atoms with Gasteiger partial charge in [0.1, 0.15) is 0 Å². The fourth-order valence-corrected chi connectivity index (χ4v) is 2.59. The topological polar surface area (TPSA) is 75.4 Å². The van der Waals surface area contributed by atoms with Crippen LogP contribution in [0.2, 0.25) is 0 Å². The highest BCUT2D eigenvalue weighted by Crippen LogP contribution is 2.20. The van der Waals surface area contributed by atoms with Crippen molar-refractivity contribution in [3.05, 3.63) is 17.5 Å². The fraction of sp³-hybridized carbons (Fsp3) is 0.643. The summed E-state index contributed by atoms with van der Waals surface area (Å²) in [5.74, 6) is -1.11. The first-order valence-corrected chi connectivity index (χ1v) is 7.09. The number of hydrogen-bond donors (Lipinski definition) is 1. The zero-order valence-electron chi connectivity index (χ0n) is 12.0. The van der Waals surface area contributed by atoms with Gasteiger partial charge >= 0.3 is 5.97 Å². The van der Waals surface area contributed by atoms with E-state index >= 15 is 0 Å². The molecule has 0 spiro atoms. The first-order valence-electron chi connectivity index (χ1n) is 7.09. The summed E-state index contributed by atoms with van der Waals surface area (Å²) in [5.41, 5.74) is 1.52. The molecular weight excluding hydrogens is 258 g/mol. The Bertz CT molecular complexity index is 502. The summed E-state index contributed by atoms with van der Waals surface area (Å²) in [5, 5.41) is 13.2. The van der Waals surface area contributed by atoms with Crippen LogP contribution in [-0.4, -0.2) is 44.8 Å². The van der Waals surface area contributed by atoms with Gasteiger partial charge in [0.25, 0.3) is 5.91 Å². The number of rotatable bonds is 4. The number of nitrogens with zero attached hydrogens (tertiary/aromatic N) is 3. The number of carbonyl (C=O) groups excluding carboxylic acids is 1. The lowest BCUT2D eigenvalue weighted by atomic mass is 9.96. The van der Waals surface area contributed by atoms with E-state index in [0.29, 0.717) is 31.5 Å². The minimum atomic E-state index is -0.760. The van der Waals surface area contributed by atoms with Gasteiger partial charge in [-0.15, -0.1) is 0 Å². The fourth-order valence-electron chi connectivity index (χ4n) is 2.59. The summed E-state index contributed by atoms with van der Waals surface area (Å²) < 4.78 is 1.84. The zero-order chi connectivity index (χ0) is 14.7. The van der Waals surface area contributed by atoms with E-state index in [2.05, 4.69) is 12.0 Å². The maximum Gasteiger partial charge on any atom is 0.306 e. The van der Waals surface area contributed by atoms with Gasteiger partial charge in [0.15, 0.2) is 0 Å². The third-order valence-electron chi connectivity index (χ3n) is 3.90. The molecule has 2 rings (SSSR count). The van der Waals surface area contributed by atoms with Crippen LogP contribution in [0.1, 0.15) is 42.2 Å². The summed E-state index contributed by atoms with van der Waals surface area (Å²) in [6.07, 6.45) is 3.66. The van der Waals surface area contributed by atoms with Crippen molar-refractivity contribution in [1.29, 1.82) is 0 Å². The van der Waals surface area contributed by atoms with Gasteiger partial charge in [0.2, 0.25) is 0 Å². The summed E-state index contributed by atoms with van der Waals surface area (Å²) in [6, 6.07) is 0. The Kier molecular flexibility index (Phi) is 4.42. The van der Waals surface area contributed by atoms with Crippen LogP contribution >= 0.6 is 0 Å². The quantitative estimate of drug-likeness (QED) is 0.907. The van der Waals surface area contributed by atoms with E-state index in [1.807, 2.05) is 11.6 Å². The Morgan fingerprint density at radius 2 is 2.05 bits per heavy atom. The van der Waals surface area contributed by atoms with Crippen LogP contribution in [0.25, 0.3) is 0 Å². The molecule has 20 heavy (non-hydrogen) atoms. The maximum absolute atomic E-state index is 12.4. The van der Waals surface area contributed by atoms with E-state index in [4.69, 9.17) is 5.11 Å². The Hall–Kier alpha value is -1.85. The van der Waals surface area contributed by atoms with E-state index in [9.17, 15) is 9.59 Å². The highest BCUT2D eigenvalue weighted by Gasteiger charge is 2.28. The SMILES string of the molecule is CCCn1ncc(C(=O)N2CCC(C(=O)O)CC2)c1C. The van der Waals surface area contributed by atoms with Crippen molar-refractivity contribution >= 4 is 11.9 Å². The molecule has 0 bridgehead atoms. The first-order chi connectivity index (χ1) is 9.54. The molecule has 0 saturated carbocycles. The smallest absolute Gasteiger partial charge is 0.306 e. The molecule has 1 amide bonds. The second-order valence-electron chi connectivity index (χ2n) is 5.27. The normalized spacial score (nSPS) is 16.4. The molecule has 1 fully saturated rings. The Morgan fingerprint density at radius 1 is 1.40 bits per heavy atom. The van der Waals surface area contributed by atoms with Crippen LogP contribution in [0.4, 0.5) is 0 Å². The van der Waals surface area contributed by atoms with Gasteiger partial charge in [-0.05, 0) is 26.2 Å². The van der Waals surface area contributed by atoms with Gasteiger partial charge in [-0.1, -0.05) is 6.92 Å². The highest BCUT2D eigenvalue weighted by atomic mass is 16.4. The molecule has 1 aliphatic rings. The van der Waals surface area contributed by atoms with Crippen molar-refractivity contribution in [3.63, 3.8) is 0 Å². The standard InChI is InChI=1S/C14H21N3O3/c1-3-6-17-10(2)12(9-15-17)13(18)16-7-4-11(5-8-16)14(19)20/h9,11H,3-8H2,1-2H3,(H,19,20). The van der Waals surface area contributed by atoms with Gasteiger partial charge in [0.05, 0.1) is 17.7 Å². The van der Waals surface area contributed by atoms with Crippen molar-refractivity contribution in [2.45, 2.75) is 39.7 Å². The molecule has 6 nitrogen and oxygen atoms in total. The van der Waals surface area contributed by atoms with Crippen LogP contribution in [0, 0.1) is 12.8 Å². The lowest BCUT2D eigenvalue weighted by Crippen LogP contribution is -2.40. The lowest BCUT2D eigenvalue weighted by Gasteiger charge is -2.30. The second kappa shape index (κ2) is 6.07. The Labute approximate surface area is 118 Å². The highest BCUT2D eigenvalue weighted by molar-refractivity contribution is 5.95. The van der Waals surface area contributed by atoms with E-state index in [1.165, 1.54) is 0 Å². The monoisotopic (exact) mass is 279 g/mol. The lowest BCUT2D eigenvalue weighted by molar-refractivity contribution is -0.143. The van der Waals surface area contributed by atoms with E-state index in [-0.39, 0.29) is 11.8 Å². The van der Waals surface area contributed by atoms with Crippen molar-refractivity contribution < 1.29 is 14.7 Å². The third-order valence-corrected chi connectivity index (χ3v) is 3.90. The molecule has 1 saturated heterocycles. The third kappa shape index (κ3) is 2.84. The van der Waals surface area contributed by atoms with E-state index in [1.54, 1.807) is 11.1 Å². The molecule has 1 aromatic rings. The molecule has 0 atom stereocenters. The van der Waals surface area contributed by atoms with Crippen molar-refractivity contribution in [2.75, 3.05) is 13.1 Å². The van der Waals surface area contributed by atoms with Crippen LogP contribution in [-0.2, 0) is 11.3 Å². The number of amides is 1. The number of aromatic nitrogens is 2. The predicted molar refractivity (Wildman–Crippen MR) is 73.5 cm³/mol. The van der Waals surface area contributed by atoms with Gasteiger partial charge in [0, 0.05) is 25.3 Å². The molecule has 2 heterocycles. The van der Waals surface area contributed by atoms with E-state index < -0.39 is 5.97 Å². The zero-order valence-corrected chi connectivity index (χ0v) is 12.0. The second-order valence-corrected chi connectivity index (χ2v) is 5.27. The predicted octanol–water partition coefficient (Wildman–Crippen LogP) is 1.54. The minimum Gasteiger partial charge on any atom is -0.481 e. The molecular formula is C14H21N3O3. The van der Waals surface area contributed by atoms with E-state index in [0.717, 1.165) is 18.7 Å². The summed E-state index contributed by atoms with van der Waals surface area (Å²) >= 11 is 0. The molecule has 6 heteroatoms. The first kappa shape index (κ1) is 14.6.